The predicted molar refractivity (Wildman–Crippen MR) is 174 cm³/mol. The Morgan fingerprint density at radius 1 is 1.09 bits per heavy atom. The smallest absolute Gasteiger partial charge is 0.301 e. The monoisotopic (exact) mass is 661 g/mol. The normalized spacial score (nSPS) is 18.5. The molecule has 1 aromatic heterocycles. The molecule has 1 N–H and O–H groups in total. The van der Waals surface area contributed by atoms with E-state index in [1.54, 1.807) is 54.6 Å². The molecule has 1 amide bonds. The molecule has 0 saturated carbocycles. The number of thioether (sulfide) groups is 1. The lowest BCUT2D eigenvalue weighted by molar-refractivity contribution is -0.132. The van der Waals surface area contributed by atoms with Crippen LogP contribution in [-0.4, -0.2) is 46.3 Å². The summed E-state index contributed by atoms with van der Waals surface area (Å²) in [5.41, 5.74) is 2.23. The summed E-state index contributed by atoms with van der Waals surface area (Å²) in [4.78, 5) is 28.8. The van der Waals surface area contributed by atoms with E-state index in [1.165, 1.54) is 22.7 Å². The van der Waals surface area contributed by atoms with Crippen LogP contribution in [0.2, 0.25) is 0 Å². The summed E-state index contributed by atoms with van der Waals surface area (Å²) in [5.74, 6) is -0.337. The van der Waals surface area contributed by atoms with Gasteiger partial charge in [-0.1, -0.05) is 54.3 Å². The highest BCUT2D eigenvalue weighted by molar-refractivity contribution is 8.00. The molecule has 1 saturated heterocycles. The number of ether oxygens (including phenoxy) is 3. The average Bonchev–Trinajstić information content (AvgIpc) is 3.74. The number of nitrogens with zero attached hydrogens (tertiary/aromatic N) is 3. The summed E-state index contributed by atoms with van der Waals surface area (Å²) in [5, 5.41) is 20.4. The van der Waals surface area contributed by atoms with Gasteiger partial charge in [-0.15, -0.1) is 10.2 Å². The molecule has 3 heterocycles. The van der Waals surface area contributed by atoms with Crippen LogP contribution in [0.5, 0.6) is 17.2 Å². The van der Waals surface area contributed by atoms with E-state index in [9.17, 15) is 19.1 Å². The lowest BCUT2D eigenvalue weighted by Gasteiger charge is -2.23. The van der Waals surface area contributed by atoms with E-state index in [-0.39, 0.29) is 28.4 Å². The fourth-order valence-electron chi connectivity index (χ4n) is 5.48. The molecule has 0 radical (unpaired) electrons. The summed E-state index contributed by atoms with van der Waals surface area (Å²) in [7, 11) is 0. The minimum absolute atomic E-state index is 0.00810. The molecule has 2 atom stereocenters. The largest absolute Gasteiger partial charge is 0.507 e. The van der Waals surface area contributed by atoms with Gasteiger partial charge in [-0.25, -0.2) is 4.39 Å². The molecule has 1 fully saturated rings. The Kier molecular flexibility index (Phi) is 9.27. The fourth-order valence-corrected chi connectivity index (χ4v) is 7.33. The Balaban J connectivity index is 1.43. The number of ketones is 1. The van der Waals surface area contributed by atoms with Crippen LogP contribution in [0.3, 0.4) is 0 Å². The van der Waals surface area contributed by atoms with E-state index in [0.717, 1.165) is 29.1 Å². The van der Waals surface area contributed by atoms with Crippen LogP contribution in [0.1, 0.15) is 55.5 Å². The second-order valence-corrected chi connectivity index (χ2v) is 13.0. The molecule has 0 aliphatic carbocycles. The molecule has 0 bridgehead atoms. The number of anilines is 1. The van der Waals surface area contributed by atoms with Crippen LogP contribution in [0.15, 0.2) is 70.6 Å². The first-order chi connectivity index (χ1) is 22.3. The summed E-state index contributed by atoms with van der Waals surface area (Å²) in [6.45, 7) is 6.65. The third kappa shape index (κ3) is 6.19. The highest BCUT2D eigenvalue weighted by Gasteiger charge is 2.48. The topological polar surface area (TPSA) is 111 Å². The van der Waals surface area contributed by atoms with E-state index >= 15 is 0 Å². The number of carbonyl (C=O) groups is 2. The lowest BCUT2D eigenvalue weighted by atomic mass is 9.94. The number of amides is 1. The highest BCUT2D eigenvalue weighted by Crippen LogP contribution is 2.46. The van der Waals surface area contributed by atoms with Crippen molar-refractivity contribution in [3.8, 4) is 17.2 Å². The Hall–Kier alpha value is -4.42. The van der Waals surface area contributed by atoms with Gasteiger partial charge in [0.2, 0.25) is 5.13 Å². The number of hydrogen-bond acceptors (Lipinski definition) is 10. The van der Waals surface area contributed by atoms with Gasteiger partial charge in [0.1, 0.15) is 23.4 Å². The second-order valence-electron chi connectivity index (χ2n) is 10.8. The highest BCUT2D eigenvalue weighted by atomic mass is 32.2. The lowest BCUT2D eigenvalue weighted by Crippen LogP contribution is -2.29. The molecule has 0 unspecified atom stereocenters. The minimum Gasteiger partial charge on any atom is -0.507 e. The van der Waals surface area contributed by atoms with Crippen molar-refractivity contribution in [1.82, 2.24) is 10.2 Å². The van der Waals surface area contributed by atoms with E-state index < -0.39 is 17.7 Å². The average molecular weight is 662 g/mol. The van der Waals surface area contributed by atoms with Crippen LogP contribution in [0, 0.1) is 5.82 Å². The number of rotatable bonds is 11. The molecular formula is C34H32FN3O6S2. The summed E-state index contributed by atoms with van der Waals surface area (Å²) < 4.78 is 32.3. The van der Waals surface area contributed by atoms with Crippen LogP contribution >= 0.6 is 23.1 Å². The van der Waals surface area contributed by atoms with Gasteiger partial charge in [0, 0.05) is 17.7 Å². The van der Waals surface area contributed by atoms with Crippen LogP contribution in [0.4, 0.5) is 9.52 Å². The third-order valence-corrected chi connectivity index (χ3v) is 9.67. The van der Waals surface area contributed by atoms with E-state index in [0.29, 0.717) is 57.9 Å². The summed E-state index contributed by atoms with van der Waals surface area (Å²) in [6.07, 6.45) is 1.45. The Bertz CT molecular complexity index is 1830. The SMILES string of the molecule is CCCOc1ccc([C@@H]2/C(=C(\O)c3ccc4c(c3)C[C@H](C)O4)C(=O)C(=O)N2c2nnc(SCc3ccccc3F)s2)cc1OCC. The van der Waals surface area contributed by atoms with Gasteiger partial charge >= 0.3 is 5.91 Å². The van der Waals surface area contributed by atoms with Crippen molar-refractivity contribution in [2.75, 3.05) is 18.1 Å². The van der Waals surface area contributed by atoms with Gasteiger partial charge < -0.3 is 19.3 Å². The van der Waals surface area contributed by atoms with Gasteiger partial charge in [-0.3, -0.25) is 14.5 Å². The Morgan fingerprint density at radius 3 is 2.70 bits per heavy atom. The number of benzene rings is 3. The van der Waals surface area contributed by atoms with E-state index in [2.05, 4.69) is 10.2 Å². The number of fused-ring (bicyclic) bond motifs is 1. The van der Waals surface area contributed by atoms with Crippen LogP contribution in [-0.2, 0) is 21.8 Å². The third-order valence-electron chi connectivity index (χ3n) is 7.57. The van der Waals surface area contributed by atoms with Crippen molar-refractivity contribution in [2.45, 2.75) is 55.9 Å². The number of halogens is 1. The number of aromatic nitrogens is 2. The number of carbonyl (C=O) groups excluding carboxylic acids is 2. The second kappa shape index (κ2) is 13.5. The predicted octanol–water partition coefficient (Wildman–Crippen LogP) is 7.11. The Morgan fingerprint density at radius 2 is 1.91 bits per heavy atom. The zero-order valence-electron chi connectivity index (χ0n) is 25.5. The number of hydrogen-bond donors (Lipinski definition) is 1. The van der Waals surface area contributed by atoms with Crippen molar-refractivity contribution in [3.63, 3.8) is 0 Å². The molecule has 3 aromatic carbocycles. The zero-order chi connectivity index (χ0) is 32.4. The van der Waals surface area contributed by atoms with Gasteiger partial charge in [-0.2, -0.15) is 0 Å². The number of aliphatic hydroxyl groups is 1. The molecular weight excluding hydrogens is 630 g/mol. The summed E-state index contributed by atoms with van der Waals surface area (Å²) in [6, 6.07) is 15.9. The van der Waals surface area contributed by atoms with E-state index in [4.69, 9.17) is 14.2 Å². The Labute approximate surface area is 274 Å². The summed E-state index contributed by atoms with van der Waals surface area (Å²) >= 11 is 2.38. The molecule has 238 valence electrons. The fraction of sp³-hybridized carbons (Fsp3) is 0.294. The van der Waals surface area contributed by atoms with Gasteiger partial charge in [0.15, 0.2) is 15.8 Å². The molecule has 6 rings (SSSR count). The van der Waals surface area contributed by atoms with Crippen molar-refractivity contribution < 1.29 is 33.3 Å². The molecule has 2 aliphatic rings. The molecule has 12 heteroatoms. The maximum Gasteiger partial charge on any atom is 0.301 e. The van der Waals surface area contributed by atoms with Crippen molar-refractivity contribution in [2.24, 2.45) is 0 Å². The quantitative estimate of drug-likeness (QED) is 0.0591. The maximum atomic E-state index is 14.2. The van der Waals surface area contributed by atoms with Gasteiger partial charge in [0.05, 0.1) is 24.8 Å². The van der Waals surface area contributed by atoms with Gasteiger partial charge in [-0.05, 0) is 73.4 Å². The first-order valence-corrected chi connectivity index (χ1v) is 16.8. The molecule has 0 spiro atoms. The van der Waals surface area contributed by atoms with Crippen molar-refractivity contribution >= 4 is 45.7 Å². The molecule has 9 nitrogen and oxygen atoms in total. The molecule has 46 heavy (non-hydrogen) atoms. The van der Waals surface area contributed by atoms with Crippen molar-refractivity contribution in [3.05, 3.63) is 94.3 Å². The standard InChI is InChI=1S/C34H32FN3O6S2/c1-4-14-43-26-13-10-20(17-27(26)42-5-2)29-28(30(39)21-11-12-25-23(16-21)15-19(3)44-25)31(40)32(41)38(29)33-36-37-34(46-33)45-18-22-8-6-7-9-24(22)35/h6-13,16-17,19,29,39H,4-5,14-15,18H2,1-3H3/b30-28+/t19-,29+/m0/s1. The van der Waals surface area contributed by atoms with Crippen LogP contribution in [0.25, 0.3) is 5.76 Å². The number of aliphatic hydroxyl groups excluding tert-OH is 1. The first kappa shape index (κ1) is 31.6. The first-order valence-electron chi connectivity index (χ1n) is 15.0. The zero-order valence-corrected chi connectivity index (χ0v) is 27.1. The van der Waals surface area contributed by atoms with E-state index in [1.807, 2.05) is 20.8 Å². The maximum absolute atomic E-state index is 14.2. The molecule has 4 aromatic rings. The van der Waals surface area contributed by atoms with Gasteiger partial charge in [0.25, 0.3) is 5.78 Å². The van der Waals surface area contributed by atoms with Crippen molar-refractivity contribution in [1.29, 1.82) is 0 Å². The molecule has 2 aliphatic heterocycles. The van der Waals surface area contributed by atoms with Crippen LogP contribution < -0.4 is 19.1 Å². The minimum atomic E-state index is -1.04. The number of Topliss-reactive ketones (excluding diaryl/α,β-unsaturated/α-hetero) is 1.